The maximum atomic E-state index is 12.1. The Balaban J connectivity index is 1.76. The van der Waals surface area contributed by atoms with E-state index in [0.29, 0.717) is 19.0 Å². The second-order valence-electron chi connectivity index (χ2n) is 7.41. The number of methoxy groups -OCH3 is 1. The van der Waals surface area contributed by atoms with Crippen molar-refractivity contribution in [1.29, 1.82) is 0 Å². The topological polar surface area (TPSA) is 74.8 Å². The lowest BCUT2D eigenvalue weighted by molar-refractivity contribution is -0.121. The third-order valence-corrected chi connectivity index (χ3v) is 5.05. The van der Waals surface area contributed by atoms with Crippen LogP contribution in [-0.2, 0) is 11.2 Å². The summed E-state index contributed by atoms with van der Waals surface area (Å²) >= 11 is 0. The first-order chi connectivity index (χ1) is 13.6. The number of hydrogen-bond donors (Lipinski definition) is 3. The molecule has 1 fully saturated rings. The molecule has 0 heterocycles. The summed E-state index contributed by atoms with van der Waals surface area (Å²) in [6.45, 7) is 6.15. The molecular formula is C22H36N4O2. The van der Waals surface area contributed by atoms with Gasteiger partial charge in [0.15, 0.2) is 5.96 Å². The minimum atomic E-state index is 0.107. The summed E-state index contributed by atoms with van der Waals surface area (Å²) in [7, 11) is 1.70. The maximum absolute atomic E-state index is 12.1. The molecule has 3 N–H and O–H groups in total. The number of carbonyl (C=O) groups excluding carboxylic acids is 1. The quantitative estimate of drug-likeness (QED) is 0.449. The van der Waals surface area contributed by atoms with Crippen molar-refractivity contribution < 1.29 is 9.53 Å². The number of rotatable bonds is 9. The van der Waals surface area contributed by atoms with Crippen LogP contribution in [-0.4, -0.2) is 44.7 Å². The molecule has 1 aliphatic carbocycles. The Morgan fingerprint density at radius 2 is 2.00 bits per heavy atom. The fourth-order valence-corrected chi connectivity index (χ4v) is 3.58. The zero-order valence-corrected chi connectivity index (χ0v) is 17.6. The zero-order chi connectivity index (χ0) is 20.2. The fourth-order valence-electron chi connectivity index (χ4n) is 3.58. The van der Waals surface area contributed by atoms with Gasteiger partial charge in [-0.25, -0.2) is 0 Å². The van der Waals surface area contributed by atoms with E-state index in [0.717, 1.165) is 44.1 Å². The molecule has 1 aromatic carbocycles. The average Bonchev–Trinajstić information content (AvgIpc) is 2.69. The van der Waals surface area contributed by atoms with Crippen LogP contribution in [0.4, 0.5) is 0 Å². The average molecular weight is 389 g/mol. The number of nitrogens with zero attached hydrogens (tertiary/aromatic N) is 1. The lowest BCUT2D eigenvalue weighted by atomic mass is 9.95. The summed E-state index contributed by atoms with van der Waals surface area (Å²) in [6.07, 6.45) is 7.24. The molecule has 6 heteroatoms. The van der Waals surface area contributed by atoms with E-state index < -0.39 is 0 Å². The molecule has 0 bridgehead atoms. The van der Waals surface area contributed by atoms with Crippen LogP contribution in [0.5, 0.6) is 5.75 Å². The van der Waals surface area contributed by atoms with Gasteiger partial charge in [0.05, 0.1) is 13.7 Å². The predicted molar refractivity (Wildman–Crippen MR) is 115 cm³/mol. The first kappa shape index (κ1) is 22.1. The van der Waals surface area contributed by atoms with E-state index >= 15 is 0 Å². The van der Waals surface area contributed by atoms with Crippen LogP contribution in [0.1, 0.15) is 56.6 Å². The van der Waals surface area contributed by atoms with Crippen LogP contribution in [0.3, 0.4) is 0 Å². The highest BCUT2D eigenvalue weighted by molar-refractivity contribution is 5.80. The number of ether oxygens (including phenoxy) is 1. The van der Waals surface area contributed by atoms with E-state index in [4.69, 9.17) is 4.74 Å². The van der Waals surface area contributed by atoms with Gasteiger partial charge in [0.2, 0.25) is 5.91 Å². The minimum Gasteiger partial charge on any atom is -0.496 e. The molecule has 0 atom stereocenters. The number of aliphatic imine (C=N–C) groups is 1. The van der Waals surface area contributed by atoms with Gasteiger partial charge >= 0.3 is 0 Å². The van der Waals surface area contributed by atoms with E-state index in [1.165, 1.54) is 30.4 Å². The van der Waals surface area contributed by atoms with Gasteiger partial charge in [0.25, 0.3) is 0 Å². The largest absolute Gasteiger partial charge is 0.496 e. The van der Waals surface area contributed by atoms with Crippen LogP contribution in [0.25, 0.3) is 0 Å². The third kappa shape index (κ3) is 7.79. The number of guanidine groups is 1. The second-order valence-corrected chi connectivity index (χ2v) is 7.41. The molecule has 1 aliphatic rings. The van der Waals surface area contributed by atoms with Crippen LogP contribution in [0.2, 0.25) is 0 Å². The minimum absolute atomic E-state index is 0.107. The Kier molecular flexibility index (Phi) is 9.66. The van der Waals surface area contributed by atoms with Crippen LogP contribution in [0.15, 0.2) is 23.2 Å². The fraction of sp³-hybridized carbons (Fsp3) is 0.636. The highest BCUT2D eigenvalue weighted by atomic mass is 16.5. The van der Waals surface area contributed by atoms with Gasteiger partial charge in [0, 0.05) is 25.6 Å². The van der Waals surface area contributed by atoms with Gasteiger partial charge in [-0.2, -0.15) is 0 Å². The number of nitrogens with one attached hydrogen (secondary N) is 3. The Labute approximate surface area is 169 Å². The summed E-state index contributed by atoms with van der Waals surface area (Å²) in [6, 6.07) is 6.58. The van der Waals surface area contributed by atoms with Crippen molar-refractivity contribution in [2.45, 2.75) is 64.8 Å². The lowest BCUT2D eigenvalue weighted by Gasteiger charge is -2.22. The van der Waals surface area contributed by atoms with Gasteiger partial charge < -0.3 is 20.7 Å². The van der Waals surface area contributed by atoms with Crippen LogP contribution < -0.4 is 20.7 Å². The van der Waals surface area contributed by atoms with Gasteiger partial charge in [-0.15, -0.1) is 0 Å². The summed E-state index contributed by atoms with van der Waals surface area (Å²) in [5.74, 6) is 1.77. The molecular weight excluding hydrogens is 352 g/mol. The first-order valence-electron chi connectivity index (χ1n) is 10.6. The van der Waals surface area contributed by atoms with Crippen molar-refractivity contribution >= 4 is 11.9 Å². The van der Waals surface area contributed by atoms with Crippen molar-refractivity contribution in [3.63, 3.8) is 0 Å². The van der Waals surface area contributed by atoms with Gasteiger partial charge in [-0.1, -0.05) is 37.0 Å². The molecule has 1 amide bonds. The molecule has 0 spiro atoms. The number of carbonyl (C=O) groups is 1. The Morgan fingerprint density at radius 3 is 2.71 bits per heavy atom. The molecule has 1 aromatic rings. The smallest absolute Gasteiger partial charge is 0.222 e. The molecule has 6 nitrogen and oxygen atoms in total. The van der Waals surface area contributed by atoms with Crippen molar-refractivity contribution in [1.82, 2.24) is 16.0 Å². The molecule has 0 unspecified atom stereocenters. The summed E-state index contributed by atoms with van der Waals surface area (Å²) in [5.41, 5.74) is 2.40. The van der Waals surface area contributed by atoms with E-state index in [2.05, 4.69) is 40.0 Å². The maximum Gasteiger partial charge on any atom is 0.222 e. The predicted octanol–water partition coefficient (Wildman–Crippen LogP) is 2.94. The molecule has 0 saturated heterocycles. The van der Waals surface area contributed by atoms with Crippen molar-refractivity contribution in [3.05, 3.63) is 29.3 Å². The monoisotopic (exact) mass is 388 g/mol. The third-order valence-electron chi connectivity index (χ3n) is 5.05. The molecule has 1 saturated carbocycles. The molecule has 0 radical (unpaired) electrons. The van der Waals surface area contributed by atoms with Crippen LogP contribution >= 0.6 is 0 Å². The van der Waals surface area contributed by atoms with E-state index in [1.54, 1.807) is 7.11 Å². The number of hydrogen-bond acceptors (Lipinski definition) is 3. The Bertz CT molecular complexity index is 639. The first-order valence-corrected chi connectivity index (χ1v) is 10.6. The Morgan fingerprint density at radius 1 is 1.21 bits per heavy atom. The zero-order valence-electron chi connectivity index (χ0n) is 17.6. The summed E-state index contributed by atoms with van der Waals surface area (Å²) in [5, 5.41) is 9.73. The van der Waals surface area contributed by atoms with Crippen molar-refractivity contribution in [2.24, 2.45) is 4.99 Å². The van der Waals surface area contributed by atoms with E-state index in [-0.39, 0.29) is 5.91 Å². The van der Waals surface area contributed by atoms with Gasteiger partial charge in [-0.05, 0) is 44.7 Å². The summed E-state index contributed by atoms with van der Waals surface area (Å²) in [4.78, 5) is 16.7. The summed E-state index contributed by atoms with van der Waals surface area (Å²) < 4.78 is 5.44. The highest BCUT2D eigenvalue weighted by Crippen LogP contribution is 2.19. The lowest BCUT2D eigenvalue weighted by Crippen LogP contribution is -2.39. The number of benzene rings is 1. The van der Waals surface area contributed by atoms with Crippen molar-refractivity contribution in [2.75, 3.05) is 26.7 Å². The normalized spacial score (nSPS) is 15.2. The Hall–Kier alpha value is -2.24. The highest BCUT2D eigenvalue weighted by Gasteiger charge is 2.15. The van der Waals surface area contributed by atoms with Gasteiger partial charge in [0.1, 0.15) is 5.75 Å². The number of aryl methyl sites for hydroxylation is 1. The van der Waals surface area contributed by atoms with Crippen molar-refractivity contribution in [3.8, 4) is 5.75 Å². The van der Waals surface area contributed by atoms with Gasteiger partial charge in [-0.3, -0.25) is 9.79 Å². The molecule has 156 valence electrons. The number of amides is 1. The SMILES string of the molecule is CCNC(=NCCC(=O)NC1CCCCC1)NCCc1cc(C)ccc1OC. The van der Waals surface area contributed by atoms with Crippen LogP contribution in [0, 0.1) is 6.92 Å². The molecule has 2 rings (SSSR count). The van der Waals surface area contributed by atoms with E-state index in [9.17, 15) is 4.79 Å². The van der Waals surface area contributed by atoms with E-state index in [1.807, 2.05) is 13.0 Å². The second kappa shape index (κ2) is 12.3. The standard InChI is InChI=1S/C22H36N4O2/c1-4-23-22(24-14-12-18-16-17(2)10-11-20(18)28-3)25-15-13-21(27)26-19-8-6-5-7-9-19/h10-11,16,19H,4-9,12-15H2,1-3H3,(H,26,27)(H2,23,24,25). The molecule has 28 heavy (non-hydrogen) atoms. The molecule has 0 aromatic heterocycles. The molecule has 0 aliphatic heterocycles.